The lowest BCUT2D eigenvalue weighted by molar-refractivity contribution is -0.120. The molecule has 1 aromatic carbocycles. The van der Waals surface area contributed by atoms with Crippen molar-refractivity contribution in [3.05, 3.63) is 54.1 Å². The average Bonchev–Trinajstić information content (AvgIpc) is 2.82. The second kappa shape index (κ2) is 10.7. The van der Waals surface area contributed by atoms with Gasteiger partial charge in [0.2, 0.25) is 5.91 Å². The van der Waals surface area contributed by atoms with Crippen molar-refractivity contribution in [3.63, 3.8) is 0 Å². The topological polar surface area (TPSA) is 143 Å². The van der Waals surface area contributed by atoms with Gasteiger partial charge in [-0.1, -0.05) is 0 Å². The molecule has 0 spiro atoms. The number of halogens is 2. The van der Waals surface area contributed by atoms with E-state index in [-0.39, 0.29) is 40.4 Å². The number of carbonyl (C=O) groups excluding carboxylic acids is 1. The summed E-state index contributed by atoms with van der Waals surface area (Å²) in [5.74, 6) is -0.838. The Bertz CT molecular complexity index is 1260. The molecule has 0 unspecified atom stereocenters. The van der Waals surface area contributed by atoms with Crippen LogP contribution in [0, 0.1) is 11.6 Å². The van der Waals surface area contributed by atoms with E-state index in [4.69, 9.17) is 16.1 Å². The summed E-state index contributed by atoms with van der Waals surface area (Å²) in [6, 6.07) is 9.54. The summed E-state index contributed by atoms with van der Waals surface area (Å²) >= 11 is 0. The molecular formula is C23H26F2N8O3. The van der Waals surface area contributed by atoms with Crippen molar-refractivity contribution in [3.8, 4) is 11.3 Å². The van der Waals surface area contributed by atoms with Gasteiger partial charge in [0.1, 0.15) is 29.0 Å². The summed E-state index contributed by atoms with van der Waals surface area (Å²) in [5.41, 5.74) is 6.39. The van der Waals surface area contributed by atoms with Gasteiger partial charge in [-0.2, -0.15) is 0 Å². The Morgan fingerprint density at radius 2 is 1.72 bits per heavy atom. The SMILES string of the molecule is CN1CCN(c2ccc(NCCNc3ccc(N(O)O)c(N)n3)nc2-c2ccc(F)cc2F)C(=O)C1. The summed E-state index contributed by atoms with van der Waals surface area (Å²) in [4.78, 5) is 24.7. The van der Waals surface area contributed by atoms with Gasteiger partial charge in [-0.25, -0.2) is 18.7 Å². The predicted octanol–water partition coefficient (Wildman–Crippen LogP) is 2.39. The van der Waals surface area contributed by atoms with Gasteiger partial charge >= 0.3 is 0 Å². The summed E-state index contributed by atoms with van der Waals surface area (Å²) in [6.45, 7) is 2.08. The number of hydrogen-bond acceptors (Lipinski definition) is 10. The minimum atomic E-state index is -0.777. The smallest absolute Gasteiger partial charge is 0.241 e. The van der Waals surface area contributed by atoms with E-state index < -0.39 is 11.6 Å². The van der Waals surface area contributed by atoms with Crippen molar-refractivity contribution in [2.75, 3.05) is 66.3 Å². The number of likely N-dealkylation sites (N-methyl/N-ethyl adjacent to an activating group) is 1. The number of anilines is 5. The molecule has 0 radical (unpaired) electrons. The average molecular weight is 501 g/mol. The van der Waals surface area contributed by atoms with Gasteiger partial charge in [0.15, 0.2) is 5.82 Å². The minimum absolute atomic E-state index is 0.0534. The second-order valence-electron chi connectivity index (χ2n) is 8.22. The molecule has 4 rings (SSSR count). The first-order valence-electron chi connectivity index (χ1n) is 11.1. The van der Waals surface area contributed by atoms with Gasteiger partial charge in [0, 0.05) is 37.8 Å². The first-order chi connectivity index (χ1) is 17.2. The van der Waals surface area contributed by atoms with Crippen LogP contribution in [0.15, 0.2) is 42.5 Å². The quantitative estimate of drug-likeness (QED) is 0.231. The molecule has 1 amide bonds. The Morgan fingerprint density at radius 3 is 2.36 bits per heavy atom. The van der Waals surface area contributed by atoms with Gasteiger partial charge in [0.05, 0.1) is 17.9 Å². The fourth-order valence-electron chi connectivity index (χ4n) is 3.81. The van der Waals surface area contributed by atoms with Crippen molar-refractivity contribution in [2.45, 2.75) is 0 Å². The highest BCUT2D eigenvalue weighted by atomic mass is 19.1. The zero-order valence-electron chi connectivity index (χ0n) is 19.4. The van der Waals surface area contributed by atoms with Crippen LogP contribution in [0.1, 0.15) is 0 Å². The molecule has 11 nitrogen and oxygen atoms in total. The van der Waals surface area contributed by atoms with Crippen molar-refractivity contribution >= 4 is 34.7 Å². The Balaban J connectivity index is 1.51. The molecule has 13 heteroatoms. The van der Waals surface area contributed by atoms with E-state index in [0.29, 0.717) is 43.5 Å². The number of benzene rings is 1. The molecule has 1 saturated heterocycles. The molecule has 0 bridgehead atoms. The maximum Gasteiger partial charge on any atom is 0.241 e. The maximum atomic E-state index is 14.7. The summed E-state index contributed by atoms with van der Waals surface area (Å²) in [5, 5.41) is 24.2. The van der Waals surface area contributed by atoms with Crippen LogP contribution in [-0.4, -0.2) is 71.0 Å². The normalized spacial score (nSPS) is 14.1. The van der Waals surface area contributed by atoms with Crippen molar-refractivity contribution in [1.82, 2.24) is 14.9 Å². The number of nitrogens with zero attached hydrogens (tertiary/aromatic N) is 5. The van der Waals surface area contributed by atoms with E-state index in [0.717, 1.165) is 12.1 Å². The van der Waals surface area contributed by atoms with Crippen LogP contribution < -0.4 is 26.5 Å². The fraction of sp³-hybridized carbons (Fsp3) is 0.261. The molecule has 2 aromatic heterocycles. The van der Waals surface area contributed by atoms with Gasteiger partial charge in [-0.15, -0.1) is 5.23 Å². The Kier molecular flexibility index (Phi) is 7.43. The van der Waals surface area contributed by atoms with Crippen LogP contribution in [0.25, 0.3) is 11.3 Å². The van der Waals surface area contributed by atoms with Crippen molar-refractivity contribution in [1.29, 1.82) is 0 Å². The minimum Gasteiger partial charge on any atom is -0.382 e. The molecule has 0 saturated carbocycles. The molecule has 1 aliphatic heterocycles. The first kappa shape index (κ1) is 25.0. The number of aromatic nitrogens is 2. The molecule has 190 valence electrons. The number of amides is 1. The second-order valence-corrected chi connectivity index (χ2v) is 8.22. The lowest BCUT2D eigenvalue weighted by Gasteiger charge is -2.33. The summed E-state index contributed by atoms with van der Waals surface area (Å²) < 4.78 is 28.3. The fourth-order valence-corrected chi connectivity index (χ4v) is 3.81. The van der Waals surface area contributed by atoms with Crippen LogP contribution in [-0.2, 0) is 4.79 Å². The number of carbonyl (C=O) groups is 1. The molecule has 3 aromatic rings. The maximum absolute atomic E-state index is 14.7. The number of hydrogen-bond donors (Lipinski definition) is 5. The number of rotatable bonds is 8. The van der Waals surface area contributed by atoms with E-state index >= 15 is 0 Å². The van der Waals surface area contributed by atoms with Gasteiger partial charge in [0.25, 0.3) is 0 Å². The highest BCUT2D eigenvalue weighted by molar-refractivity contribution is 5.99. The van der Waals surface area contributed by atoms with Crippen LogP contribution >= 0.6 is 0 Å². The third kappa shape index (κ3) is 5.59. The first-order valence-corrected chi connectivity index (χ1v) is 11.1. The van der Waals surface area contributed by atoms with E-state index in [1.807, 2.05) is 11.9 Å². The van der Waals surface area contributed by atoms with E-state index in [2.05, 4.69) is 20.6 Å². The number of nitrogen functional groups attached to an aromatic ring is 1. The molecule has 3 heterocycles. The van der Waals surface area contributed by atoms with Crippen molar-refractivity contribution in [2.24, 2.45) is 0 Å². The van der Waals surface area contributed by atoms with E-state index in [1.165, 1.54) is 18.2 Å². The third-order valence-electron chi connectivity index (χ3n) is 5.62. The van der Waals surface area contributed by atoms with Crippen LogP contribution in [0.4, 0.5) is 37.6 Å². The standard InChI is InChI=1S/C23H26F2N8O3/c1-31-10-11-32(21(34)13-31)17-4-6-19(29-22(17)15-3-2-14(24)12-16(15)25)27-8-9-28-20-7-5-18(33(35)36)23(26)30-20/h2-7,12,35-36H,8-11,13H2,1H3,(H,27,29)(H3,26,28,30). The predicted molar refractivity (Wildman–Crippen MR) is 131 cm³/mol. The molecule has 6 N–H and O–H groups in total. The molecule has 36 heavy (non-hydrogen) atoms. The molecule has 0 aliphatic carbocycles. The van der Waals surface area contributed by atoms with Crippen LogP contribution in [0.3, 0.4) is 0 Å². The molecule has 1 fully saturated rings. The van der Waals surface area contributed by atoms with Crippen LogP contribution in [0.5, 0.6) is 0 Å². The number of pyridine rings is 2. The number of nitrogens with two attached hydrogens (primary N) is 1. The zero-order valence-corrected chi connectivity index (χ0v) is 19.4. The summed E-state index contributed by atoms with van der Waals surface area (Å²) in [7, 11) is 1.85. The Labute approximate surface area is 205 Å². The lowest BCUT2D eigenvalue weighted by atomic mass is 10.1. The van der Waals surface area contributed by atoms with E-state index in [9.17, 15) is 13.6 Å². The number of piperazine rings is 1. The molecule has 0 atom stereocenters. The lowest BCUT2D eigenvalue weighted by Crippen LogP contribution is -2.49. The highest BCUT2D eigenvalue weighted by Gasteiger charge is 2.27. The van der Waals surface area contributed by atoms with Crippen LogP contribution in [0.2, 0.25) is 0 Å². The molecule has 1 aliphatic rings. The molecular weight excluding hydrogens is 474 g/mol. The summed E-state index contributed by atoms with van der Waals surface area (Å²) in [6.07, 6.45) is 0. The Morgan fingerprint density at radius 1 is 1.03 bits per heavy atom. The monoisotopic (exact) mass is 500 g/mol. The largest absolute Gasteiger partial charge is 0.382 e. The third-order valence-corrected chi connectivity index (χ3v) is 5.62. The van der Waals surface area contributed by atoms with Gasteiger partial charge < -0.3 is 21.3 Å². The Hall–Kier alpha value is -4.07. The van der Waals surface area contributed by atoms with Gasteiger partial charge in [-0.05, 0) is 43.4 Å². The van der Waals surface area contributed by atoms with Crippen molar-refractivity contribution < 1.29 is 24.0 Å². The van der Waals surface area contributed by atoms with Gasteiger partial charge in [-0.3, -0.25) is 20.1 Å². The van der Waals surface area contributed by atoms with E-state index in [1.54, 1.807) is 17.0 Å². The number of nitrogens with one attached hydrogen (secondary N) is 2. The zero-order chi connectivity index (χ0) is 25.8. The highest BCUT2D eigenvalue weighted by Crippen LogP contribution is 2.33.